The van der Waals surface area contributed by atoms with Gasteiger partial charge in [0.15, 0.2) is 5.78 Å². The summed E-state index contributed by atoms with van der Waals surface area (Å²) in [6.45, 7) is 1.94. The van der Waals surface area contributed by atoms with Crippen molar-refractivity contribution in [3.05, 3.63) is 62.6 Å². The molecule has 1 unspecified atom stereocenters. The highest BCUT2D eigenvalue weighted by molar-refractivity contribution is 9.10. The fourth-order valence-corrected chi connectivity index (χ4v) is 3.23. The Balaban J connectivity index is 2.10. The Morgan fingerprint density at radius 3 is 2.62 bits per heavy atom. The van der Waals surface area contributed by atoms with Crippen molar-refractivity contribution in [1.82, 2.24) is 0 Å². The van der Waals surface area contributed by atoms with Gasteiger partial charge in [-0.15, -0.1) is 0 Å². The van der Waals surface area contributed by atoms with Crippen molar-refractivity contribution in [3.8, 4) is 5.75 Å². The first-order valence-electron chi connectivity index (χ1n) is 6.29. The van der Waals surface area contributed by atoms with Crippen LogP contribution in [-0.2, 0) is 4.79 Å². The largest absolute Gasteiger partial charge is 0.425 e. The maximum Gasteiger partial charge on any atom is 0.326 e. The molecule has 0 radical (unpaired) electrons. The molecule has 0 N–H and O–H groups in total. The van der Waals surface area contributed by atoms with E-state index in [2.05, 4.69) is 15.9 Å². The van der Waals surface area contributed by atoms with E-state index in [1.54, 1.807) is 18.2 Å². The van der Waals surface area contributed by atoms with Gasteiger partial charge in [0.25, 0.3) is 0 Å². The lowest BCUT2D eigenvalue weighted by atomic mass is 9.88. The van der Waals surface area contributed by atoms with Crippen molar-refractivity contribution in [1.29, 1.82) is 0 Å². The third kappa shape index (κ3) is 2.49. The van der Waals surface area contributed by atoms with Crippen LogP contribution in [0.25, 0.3) is 0 Å². The van der Waals surface area contributed by atoms with Crippen molar-refractivity contribution >= 4 is 39.3 Å². The van der Waals surface area contributed by atoms with E-state index in [4.69, 9.17) is 16.3 Å². The average Bonchev–Trinajstić information content (AvgIpc) is 2.40. The van der Waals surface area contributed by atoms with E-state index in [9.17, 15) is 9.59 Å². The van der Waals surface area contributed by atoms with E-state index in [1.165, 1.54) is 6.07 Å². The van der Waals surface area contributed by atoms with Gasteiger partial charge in [0.1, 0.15) is 11.7 Å². The zero-order chi connectivity index (χ0) is 15.1. The van der Waals surface area contributed by atoms with Gasteiger partial charge in [-0.05, 0) is 36.2 Å². The van der Waals surface area contributed by atoms with Gasteiger partial charge in [-0.3, -0.25) is 9.59 Å². The second kappa shape index (κ2) is 5.28. The first-order chi connectivity index (χ1) is 9.97. The van der Waals surface area contributed by atoms with E-state index in [0.717, 1.165) is 10.0 Å². The molecule has 0 aromatic heterocycles. The van der Waals surface area contributed by atoms with Crippen LogP contribution < -0.4 is 4.74 Å². The normalized spacial score (nSPS) is 17.4. The molecule has 2 aromatic rings. The van der Waals surface area contributed by atoms with Crippen LogP contribution in [0.5, 0.6) is 5.75 Å². The minimum absolute atomic E-state index is 0.219. The Labute approximate surface area is 135 Å². The number of hydrogen-bond donors (Lipinski definition) is 0. The van der Waals surface area contributed by atoms with Gasteiger partial charge in [0.2, 0.25) is 0 Å². The fraction of sp³-hybridized carbons (Fsp3) is 0.125. The van der Waals surface area contributed by atoms with Gasteiger partial charge < -0.3 is 4.74 Å². The van der Waals surface area contributed by atoms with Crippen LogP contribution in [0.4, 0.5) is 0 Å². The number of hydrogen-bond acceptors (Lipinski definition) is 3. The van der Waals surface area contributed by atoms with Crippen molar-refractivity contribution in [3.63, 3.8) is 0 Å². The molecule has 1 aliphatic rings. The summed E-state index contributed by atoms with van der Waals surface area (Å²) in [5.74, 6) is -1.59. The zero-order valence-electron chi connectivity index (χ0n) is 11.0. The number of halogens is 2. The first kappa shape index (κ1) is 14.3. The monoisotopic (exact) mass is 364 g/mol. The van der Waals surface area contributed by atoms with Crippen molar-refractivity contribution < 1.29 is 14.3 Å². The van der Waals surface area contributed by atoms with Crippen molar-refractivity contribution in [2.75, 3.05) is 0 Å². The summed E-state index contributed by atoms with van der Waals surface area (Å²) >= 11 is 9.27. The van der Waals surface area contributed by atoms with Gasteiger partial charge in [-0.25, -0.2) is 0 Å². The maximum absolute atomic E-state index is 12.6. The zero-order valence-corrected chi connectivity index (χ0v) is 13.4. The van der Waals surface area contributed by atoms with Crippen LogP contribution in [0.1, 0.15) is 27.4 Å². The molecule has 21 heavy (non-hydrogen) atoms. The quantitative estimate of drug-likeness (QED) is 0.430. The maximum atomic E-state index is 12.6. The molecule has 1 heterocycles. The summed E-state index contributed by atoms with van der Waals surface area (Å²) < 4.78 is 5.99. The van der Waals surface area contributed by atoms with Crippen LogP contribution in [0, 0.1) is 6.92 Å². The highest BCUT2D eigenvalue weighted by atomic mass is 79.9. The molecule has 2 aromatic carbocycles. The SMILES string of the molecule is Cc1ccc(C2C(=O)Oc3cc(Cl)ccc3C2=O)c(Br)c1. The molecule has 0 aliphatic carbocycles. The van der Waals surface area contributed by atoms with E-state index in [-0.39, 0.29) is 11.5 Å². The summed E-state index contributed by atoms with van der Waals surface area (Å²) in [7, 11) is 0. The minimum Gasteiger partial charge on any atom is -0.425 e. The smallest absolute Gasteiger partial charge is 0.326 e. The van der Waals surface area contributed by atoms with Gasteiger partial charge in [0, 0.05) is 15.6 Å². The van der Waals surface area contributed by atoms with Crippen LogP contribution in [0.2, 0.25) is 5.02 Å². The summed E-state index contributed by atoms with van der Waals surface area (Å²) in [5, 5.41) is 0.421. The topological polar surface area (TPSA) is 43.4 Å². The Kier molecular flexibility index (Phi) is 3.59. The lowest BCUT2D eigenvalue weighted by molar-refractivity contribution is -0.135. The molecule has 0 amide bonds. The number of ketones is 1. The minimum atomic E-state index is -0.950. The molecule has 1 aliphatic heterocycles. The Morgan fingerprint density at radius 2 is 1.90 bits per heavy atom. The molecule has 0 saturated carbocycles. The molecule has 0 saturated heterocycles. The predicted molar refractivity (Wildman–Crippen MR) is 83.0 cm³/mol. The summed E-state index contributed by atoms with van der Waals surface area (Å²) in [5.41, 5.74) is 2.02. The van der Waals surface area contributed by atoms with E-state index < -0.39 is 11.9 Å². The number of rotatable bonds is 1. The third-order valence-electron chi connectivity index (χ3n) is 3.38. The van der Waals surface area contributed by atoms with Gasteiger partial charge >= 0.3 is 5.97 Å². The Bertz CT molecular complexity index is 770. The van der Waals surface area contributed by atoms with Gasteiger partial charge in [0.05, 0.1) is 5.56 Å². The second-order valence-corrected chi connectivity index (χ2v) is 6.17. The van der Waals surface area contributed by atoms with Crippen LogP contribution in [-0.4, -0.2) is 11.8 Å². The predicted octanol–water partition coefficient (Wildman–Crippen LogP) is 4.30. The van der Waals surface area contributed by atoms with E-state index >= 15 is 0 Å². The van der Waals surface area contributed by atoms with Crippen molar-refractivity contribution in [2.45, 2.75) is 12.8 Å². The Hall–Kier alpha value is -1.65. The first-order valence-corrected chi connectivity index (χ1v) is 7.46. The lowest BCUT2D eigenvalue weighted by Gasteiger charge is -2.23. The van der Waals surface area contributed by atoms with Crippen LogP contribution >= 0.6 is 27.5 Å². The number of esters is 1. The second-order valence-electron chi connectivity index (χ2n) is 4.88. The molecule has 5 heteroatoms. The number of fused-ring (bicyclic) bond motifs is 1. The summed E-state index contributed by atoms with van der Waals surface area (Å²) in [4.78, 5) is 24.8. The number of ether oxygens (including phenoxy) is 1. The number of carbonyl (C=O) groups is 2. The average molecular weight is 366 g/mol. The summed E-state index contributed by atoms with van der Waals surface area (Å²) in [6.07, 6.45) is 0. The molecule has 1 atom stereocenters. The van der Waals surface area contributed by atoms with Crippen molar-refractivity contribution in [2.24, 2.45) is 0 Å². The molecule has 3 nitrogen and oxygen atoms in total. The van der Waals surface area contributed by atoms with Gasteiger partial charge in [-0.2, -0.15) is 0 Å². The molecule has 0 bridgehead atoms. The number of aryl methyl sites for hydroxylation is 1. The molecule has 106 valence electrons. The number of benzene rings is 2. The van der Waals surface area contributed by atoms with E-state index in [0.29, 0.717) is 16.1 Å². The van der Waals surface area contributed by atoms with Gasteiger partial charge in [-0.1, -0.05) is 39.7 Å². The number of Topliss-reactive ketones (excluding diaryl/α,β-unsaturated/α-hetero) is 1. The highest BCUT2D eigenvalue weighted by Crippen LogP contribution is 2.37. The third-order valence-corrected chi connectivity index (χ3v) is 4.31. The molecule has 0 spiro atoms. The van der Waals surface area contributed by atoms with Crippen LogP contribution in [0.3, 0.4) is 0 Å². The molecular formula is C16H10BrClO3. The standard InChI is InChI=1S/C16H10BrClO3/c1-8-2-4-10(12(17)6-8)14-15(19)11-5-3-9(18)7-13(11)21-16(14)20/h2-7,14H,1H3. The lowest BCUT2D eigenvalue weighted by Crippen LogP contribution is -2.31. The summed E-state index contributed by atoms with van der Waals surface area (Å²) in [6, 6.07) is 10.2. The highest BCUT2D eigenvalue weighted by Gasteiger charge is 2.38. The number of carbonyl (C=O) groups excluding carboxylic acids is 2. The molecule has 3 rings (SSSR count). The molecule has 0 fully saturated rings. The Morgan fingerprint density at radius 1 is 1.14 bits per heavy atom. The van der Waals surface area contributed by atoms with E-state index in [1.807, 2.05) is 19.1 Å². The fourth-order valence-electron chi connectivity index (χ4n) is 2.35. The van der Waals surface area contributed by atoms with Crippen LogP contribution in [0.15, 0.2) is 40.9 Å². The molecular weight excluding hydrogens is 356 g/mol.